The summed E-state index contributed by atoms with van der Waals surface area (Å²) in [5.41, 5.74) is 3.31. The summed E-state index contributed by atoms with van der Waals surface area (Å²) in [6, 6.07) is 4.00. The molecule has 0 aromatic heterocycles. The minimum Gasteiger partial charge on any atom is -0.396 e. The number of nitrogens with one attached hydrogen (secondary N) is 3. The number of anilines is 1. The topological polar surface area (TPSA) is 73.4 Å². The molecule has 2 amide bonds. The number of aliphatic hydroxyl groups is 1. The highest BCUT2D eigenvalue weighted by Crippen LogP contribution is 2.34. The van der Waals surface area contributed by atoms with E-state index in [0.717, 1.165) is 6.07 Å². The molecule has 8 heteroatoms. The normalized spacial score (nSPS) is 12.6. The first-order valence-corrected chi connectivity index (χ1v) is 6.44. The predicted octanol–water partition coefficient (Wildman–Crippen LogP) is 2.49. The Balaban J connectivity index is 2.54. The summed E-state index contributed by atoms with van der Waals surface area (Å²) in [5, 5.41) is 11.2. The van der Waals surface area contributed by atoms with Gasteiger partial charge < -0.3 is 10.4 Å². The van der Waals surface area contributed by atoms with E-state index in [0.29, 0.717) is 12.8 Å². The fourth-order valence-electron chi connectivity index (χ4n) is 1.69. The minimum absolute atomic E-state index is 0.0187. The number of rotatable bonds is 6. The molecule has 0 aliphatic carbocycles. The monoisotopic (exact) mass is 305 g/mol. The highest BCUT2D eigenvalue weighted by atomic mass is 19.4. The second-order valence-corrected chi connectivity index (χ2v) is 4.53. The number of halogens is 3. The fourth-order valence-corrected chi connectivity index (χ4v) is 1.69. The molecule has 0 saturated carbocycles. The van der Waals surface area contributed by atoms with Crippen LogP contribution in [0.3, 0.4) is 0 Å². The Hall–Kier alpha value is -1.96. The second kappa shape index (κ2) is 7.72. The molecule has 0 saturated heterocycles. The number of amides is 2. The van der Waals surface area contributed by atoms with Crippen molar-refractivity contribution >= 4 is 11.7 Å². The first-order chi connectivity index (χ1) is 9.84. The van der Waals surface area contributed by atoms with Crippen LogP contribution in [0.5, 0.6) is 0 Å². The molecule has 5 nitrogen and oxygen atoms in total. The molecule has 0 bridgehead atoms. The number of hydrogen-bond acceptors (Lipinski definition) is 3. The lowest BCUT2D eigenvalue weighted by molar-refractivity contribution is -0.137. The van der Waals surface area contributed by atoms with Gasteiger partial charge in [0.05, 0.1) is 11.3 Å². The highest BCUT2D eigenvalue weighted by molar-refractivity contribution is 5.76. The van der Waals surface area contributed by atoms with Crippen LogP contribution in [0.2, 0.25) is 0 Å². The molecule has 4 N–H and O–H groups in total. The van der Waals surface area contributed by atoms with Gasteiger partial charge in [-0.05, 0) is 31.9 Å². The lowest BCUT2D eigenvalue weighted by Crippen LogP contribution is -2.43. The van der Waals surface area contributed by atoms with Crippen molar-refractivity contribution in [2.45, 2.75) is 32.0 Å². The van der Waals surface area contributed by atoms with Gasteiger partial charge in [0.1, 0.15) is 0 Å². The molecule has 1 aromatic carbocycles. The van der Waals surface area contributed by atoms with Crippen molar-refractivity contribution < 1.29 is 23.1 Å². The summed E-state index contributed by atoms with van der Waals surface area (Å²) in [5.74, 6) is 0. The van der Waals surface area contributed by atoms with Gasteiger partial charge in [-0.15, -0.1) is 0 Å². The molecule has 1 rings (SSSR count). The van der Waals surface area contributed by atoms with Crippen molar-refractivity contribution in [2.24, 2.45) is 0 Å². The maximum absolute atomic E-state index is 12.7. The van der Waals surface area contributed by atoms with E-state index < -0.39 is 17.8 Å². The quantitative estimate of drug-likeness (QED) is 0.610. The van der Waals surface area contributed by atoms with Gasteiger partial charge in [0.15, 0.2) is 0 Å². The van der Waals surface area contributed by atoms with Gasteiger partial charge in [-0.3, -0.25) is 10.9 Å². The van der Waals surface area contributed by atoms with E-state index in [1.54, 1.807) is 6.92 Å². The average Bonchev–Trinajstić information content (AvgIpc) is 2.42. The van der Waals surface area contributed by atoms with Gasteiger partial charge in [-0.1, -0.05) is 12.1 Å². The Kier molecular flexibility index (Phi) is 6.29. The third kappa shape index (κ3) is 5.90. The summed E-state index contributed by atoms with van der Waals surface area (Å²) in [6.45, 7) is 1.75. The second-order valence-electron chi connectivity index (χ2n) is 4.53. The molecule has 0 radical (unpaired) electrons. The summed E-state index contributed by atoms with van der Waals surface area (Å²) < 4.78 is 38.2. The molecule has 0 fully saturated rings. The lowest BCUT2D eigenvalue weighted by atomic mass is 10.2. The minimum atomic E-state index is -4.50. The van der Waals surface area contributed by atoms with Crippen LogP contribution in [0.1, 0.15) is 25.3 Å². The number of carbonyl (C=O) groups is 1. The molecule has 1 atom stereocenters. The van der Waals surface area contributed by atoms with E-state index in [4.69, 9.17) is 5.11 Å². The number of para-hydroxylation sites is 1. The van der Waals surface area contributed by atoms with E-state index in [-0.39, 0.29) is 18.3 Å². The SMILES string of the molecule is CC(CCCO)NC(=O)NNc1ccccc1C(F)(F)F. The van der Waals surface area contributed by atoms with E-state index in [9.17, 15) is 18.0 Å². The third-order valence-electron chi connectivity index (χ3n) is 2.72. The Morgan fingerprint density at radius 3 is 2.62 bits per heavy atom. The van der Waals surface area contributed by atoms with Crippen molar-refractivity contribution in [3.05, 3.63) is 29.8 Å². The van der Waals surface area contributed by atoms with Crippen molar-refractivity contribution in [3.8, 4) is 0 Å². The van der Waals surface area contributed by atoms with Crippen LogP contribution < -0.4 is 16.2 Å². The number of hydrazine groups is 1. The molecular formula is C13H18F3N3O2. The van der Waals surface area contributed by atoms with E-state index in [1.165, 1.54) is 18.2 Å². The van der Waals surface area contributed by atoms with Crippen LogP contribution in [-0.2, 0) is 6.18 Å². The molecule has 21 heavy (non-hydrogen) atoms. The molecule has 0 aliphatic heterocycles. The van der Waals surface area contributed by atoms with Crippen LogP contribution in [0.25, 0.3) is 0 Å². The maximum Gasteiger partial charge on any atom is 0.418 e. The summed E-state index contributed by atoms with van der Waals surface area (Å²) in [4.78, 5) is 11.5. The van der Waals surface area contributed by atoms with Crippen LogP contribution in [0.15, 0.2) is 24.3 Å². The zero-order valence-electron chi connectivity index (χ0n) is 11.5. The standard InChI is InChI=1S/C13H18F3N3O2/c1-9(5-4-8-20)17-12(21)19-18-11-7-3-2-6-10(11)13(14,15)16/h2-3,6-7,9,18,20H,4-5,8H2,1H3,(H2,17,19,21). The summed E-state index contributed by atoms with van der Waals surface area (Å²) in [7, 11) is 0. The number of alkyl halides is 3. The Labute approximate surface area is 120 Å². The molecule has 0 spiro atoms. The maximum atomic E-state index is 12.7. The largest absolute Gasteiger partial charge is 0.418 e. The highest BCUT2D eigenvalue weighted by Gasteiger charge is 2.33. The smallest absolute Gasteiger partial charge is 0.396 e. The average molecular weight is 305 g/mol. The van der Waals surface area contributed by atoms with Gasteiger partial charge in [-0.25, -0.2) is 4.79 Å². The summed E-state index contributed by atoms with van der Waals surface area (Å²) >= 11 is 0. The predicted molar refractivity (Wildman–Crippen MR) is 72.5 cm³/mol. The van der Waals surface area contributed by atoms with Gasteiger partial charge in [0, 0.05) is 12.6 Å². The van der Waals surface area contributed by atoms with Crippen molar-refractivity contribution in [1.29, 1.82) is 0 Å². The first-order valence-electron chi connectivity index (χ1n) is 6.44. The molecule has 1 unspecified atom stereocenters. The first kappa shape index (κ1) is 17.1. The molecule has 0 aliphatic rings. The van der Waals surface area contributed by atoms with Crippen molar-refractivity contribution in [3.63, 3.8) is 0 Å². The van der Waals surface area contributed by atoms with Crippen LogP contribution in [-0.4, -0.2) is 23.8 Å². The van der Waals surface area contributed by atoms with Crippen LogP contribution in [0, 0.1) is 0 Å². The number of urea groups is 1. The molecule has 0 heterocycles. The third-order valence-corrected chi connectivity index (χ3v) is 2.72. The lowest BCUT2D eigenvalue weighted by Gasteiger charge is -2.17. The van der Waals surface area contributed by atoms with E-state index in [1.807, 2.05) is 0 Å². The van der Waals surface area contributed by atoms with Crippen LogP contribution in [0.4, 0.5) is 23.7 Å². The van der Waals surface area contributed by atoms with E-state index in [2.05, 4.69) is 16.2 Å². The number of benzene rings is 1. The van der Waals surface area contributed by atoms with Gasteiger partial charge >= 0.3 is 12.2 Å². The Bertz CT molecular complexity index is 466. The van der Waals surface area contributed by atoms with Gasteiger partial charge in [-0.2, -0.15) is 13.2 Å². The van der Waals surface area contributed by atoms with E-state index >= 15 is 0 Å². The van der Waals surface area contributed by atoms with Crippen molar-refractivity contribution in [1.82, 2.24) is 10.7 Å². The molecule has 118 valence electrons. The fraction of sp³-hybridized carbons (Fsp3) is 0.462. The number of carbonyl (C=O) groups excluding carboxylic acids is 1. The zero-order chi connectivity index (χ0) is 15.9. The summed E-state index contributed by atoms with van der Waals surface area (Å²) in [6.07, 6.45) is -3.40. The number of aliphatic hydroxyl groups excluding tert-OH is 1. The molecular weight excluding hydrogens is 287 g/mol. The van der Waals surface area contributed by atoms with Gasteiger partial charge in [0.2, 0.25) is 0 Å². The number of hydrogen-bond donors (Lipinski definition) is 4. The molecule has 1 aromatic rings. The van der Waals surface area contributed by atoms with Crippen molar-refractivity contribution in [2.75, 3.05) is 12.0 Å². The zero-order valence-corrected chi connectivity index (χ0v) is 11.5. The Morgan fingerprint density at radius 2 is 2.00 bits per heavy atom. The van der Waals surface area contributed by atoms with Gasteiger partial charge in [0.25, 0.3) is 0 Å². The Morgan fingerprint density at radius 1 is 1.33 bits per heavy atom. The van der Waals surface area contributed by atoms with Crippen LogP contribution >= 0.6 is 0 Å².